The summed E-state index contributed by atoms with van der Waals surface area (Å²) in [6.07, 6.45) is 4.73. The van der Waals surface area contributed by atoms with Gasteiger partial charge in [-0.15, -0.1) is 0 Å². The fourth-order valence-corrected chi connectivity index (χ4v) is 2.54. The Morgan fingerprint density at radius 1 is 1.25 bits per heavy atom. The van der Waals surface area contributed by atoms with Crippen LogP contribution in [0.4, 0.5) is 4.39 Å². The molecule has 0 fully saturated rings. The third kappa shape index (κ3) is 3.64. The molecule has 2 aromatic rings. The molecule has 0 aliphatic rings. The Kier molecular flexibility index (Phi) is 5.26. The highest BCUT2D eigenvalue weighted by Crippen LogP contribution is 2.26. The number of hydrogen-bond acceptors (Lipinski definition) is 2. The summed E-state index contributed by atoms with van der Waals surface area (Å²) in [6.45, 7) is 5.04. The Bertz CT molecular complexity index is 586. The van der Waals surface area contributed by atoms with E-state index >= 15 is 0 Å². The van der Waals surface area contributed by atoms with Crippen molar-refractivity contribution in [2.24, 2.45) is 0 Å². The minimum Gasteiger partial charge on any atom is -0.306 e. The maximum atomic E-state index is 13.4. The molecule has 1 unspecified atom stereocenters. The third-order valence-electron chi connectivity index (χ3n) is 3.10. The molecular formula is C16H18BrFN2. The maximum Gasteiger partial charge on any atom is 0.137 e. The van der Waals surface area contributed by atoms with Gasteiger partial charge in [-0.3, -0.25) is 4.98 Å². The molecule has 106 valence electrons. The first-order valence-electron chi connectivity index (χ1n) is 6.71. The van der Waals surface area contributed by atoms with Gasteiger partial charge in [-0.1, -0.05) is 19.1 Å². The standard InChI is InChI=1S/C16H18BrFN2/c1-3-6-20-16(13-7-11(2)9-19-10-13)12-4-5-15(18)14(17)8-12/h4-5,7-10,16,20H,3,6H2,1-2H3. The molecule has 0 aliphatic heterocycles. The van der Waals surface area contributed by atoms with Gasteiger partial charge in [0, 0.05) is 12.4 Å². The monoisotopic (exact) mass is 336 g/mol. The summed E-state index contributed by atoms with van der Waals surface area (Å²) >= 11 is 3.25. The predicted molar refractivity (Wildman–Crippen MR) is 83.2 cm³/mol. The second-order valence-corrected chi connectivity index (χ2v) is 5.71. The quantitative estimate of drug-likeness (QED) is 0.876. The highest BCUT2D eigenvalue weighted by molar-refractivity contribution is 9.10. The smallest absolute Gasteiger partial charge is 0.137 e. The van der Waals surface area contributed by atoms with E-state index in [1.807, 2.05) is 31.5 Å². The van der Waals surface area contributed by atoms with E-state index in [4.69, 9.17) is 0 Å². The largest absolute Gasteiger partial charge is 0.306 e. The van der Waals surface area contributed by atoms with Gasteiger partial charge in [0.2, 0.25) is 0 Å². The molecule has 0 radical (unpaired) electrons. The SMILES string of the molecule is CCCNC(c1cncc(C)c1)c1ccc(F)c(Br)c1. The number of aromatic nitrogens is 1. The Labute approximate surface area is 127 Å². The number of nitrogens with zero attached hydrogens (tertiary/aromatic N) is 1. The summed E-state index contributed by atoms with van der Waals surface area (Å²) in [4.78, 5) is 4.25. The van der Waals surface area contributed by atoms with E-state index in [-0.39, 0.29) is 11.9 Å². The molecule has 0 saturated heterocycles. The van der Waals surface area contributed by atoms with E-state index < -0.39 is 0 Å². The van der Waals surface area contributed by atoms with Crippen LogP contribution in [0.5, 0.6) is 0 Å². The zero-order chi connectivity index (χ0) is 14.5. The summed E-state index contributed by atoms with van der Waals surface area (Å²) in [6, 6.07) is 7.26. The summed E-state index contributed by atoms with van der Waals surface area (Å²) in [5, 5.41) is 3.49. The molecular weight excluding hydrogens is 319 g/mol. The van der Waals surface area contributed by atoms with Gasteiger partial charge in [0.15, 0.2) is 0 Å². The first-order valence-corrected chi connectivity index (χ1v) is 7.51. The van der Waals surface area contributed by atoms with Gasteiger partial charge in [0.05, 0.1) is 10.5 Å². The van der Waals surface area contributed by atoms with Crippen molar-refractivity contribution in [3.8, 4) is 0 Å². The maximum absolute atomic E-state index is 13.4. The van der Waals surface area contributed by atoms with Crippen molar-refractivity contribution in [2.75, 3.05) is 6.54 Å². The fraction of sp³-hybridized carbons (Fsp3) is 0.312. The van der Waals surface area contributed by atoms with Crippen molar-refractivity contribution in [3.63, 3.8) is 0 Å². The van der Waals surface area contributed by atoms with E-state index in [0.29, 0.717) is 4.47 Å². The molecule has 0 amide bonds. The molecule has 2 nitrogen and oxygen atoms in total. The highest BCUT2D eigenvalue weighted by Gasteiger charge is 2.15. The molecule has 1 heterocycles. The number of hydrogen-bond donors (Lipinski definition) is 1. The van der Waals surface area contributed by atoms with Crippen molar-refractivity contribution in [3.05, 3.63) is 63.6 Å². The number of rotatable bonds is 5. The van der Waals surface area contributed by atoms with Crippen molar-refractivity contribution < 1.29 is 4.39 Å². The number of halogens is 2. The number of benzene rings is 1. The molecule has 1 aromatic carbocycles. The van der Waals surface area contributed by atoms with E-state index in [1.54, 1.807) is 0 Å². The van der Waals surface area contributed by atoms with Crippen molar-refractivity contribution >= 4 is 15.9 Å². The Balaban J connectivity index is 2.38. The predicted octanol–water partition coefficient (Wildman–Crippen LogP) is 4.38. The minimum absolute atomic E-state index is 0.0271. The first-order chi connectivity index (χ1) is 9.61. The Morgan fingerprint density at radius 2 is 2.05 bits per heavy atom. The fourth-order valence-electron chi connectivity index (χ4n) is 2.14. The lowest BCUT2D eigenvalue weighted by molar-refractivity contribution is 0.589. The Morgan fingerprint density at radius 3 is 2.70 bits per heavy atom. The normalized spacial score (nSPS) is 12.4. The van der Waals surface area contributed by atoms with E-state index in [9.17, 15) is 4.39 Å². The lowest BCUT2D eigenvalue weighted by Crippen LogP contribution is -2.23. The van der Waals surface area contributed by atoms with Crippen molar-refractivity contribution in [2.45, 2.75) is 26.3 Å². The summed E-state index contributed by atoms with van der Waals surface area (Å²) in [7, 11) is 0. The summed E-state index contributed by atoms with van der Waals surface area (Å²) in [5.41, 5.74) is 3.24. The van der Waals surface area contributed by atoms with Gasteiger partial charge in [-0.2, -0.15) is 0 Å². The second kappa shape index (κ2) is 6.95. The minimum atomic E-state index is -0.245. The van der Waals surface area contributed by atoms with Crippen LogP contribution >= 0.6 is 15.9 Å². The van der Waals surface area contributed by atoms with E-state index in [1.165, 1.54) is 6.07 Å². The van der Waals surface area contributed by atoms with Gasteiger partial charge >= 0.3 is 0 Å². The molecule has 2 rings (SSSR count). The molecule has 1 atom stereocenters. The van der Waals surface area contributed by atoms with Crippen LogP contribution in [0.25, 0.3) is 0 Å². The average Bonchev–Trinajstić information content (AvgIpc) is 2.43. The molecule has 20 heavy (non-hydrogen) atoms. The van der Waals surface area contributed by atoms with Crippen LogP contribution in [0.15, 0.2) is 41.1 Å². The van der Waals surface area contributed by atoms with Crippen LogP contribution < -0.4 is 5.32 Å². The molecule has 0 saturated carbocycles. The first kappa shape index (κ1) is 15.1. The van der Waals surface area contributed by atoms with Crippen LogP contribution in [0, 0.1) is 12.7 Å². The molecule has 0 aliphatic carbocycles. The number of pyridine rings is 1. The lowest BCUT2D eigenvalue weighted by atomic mass is 9.99. The van der Waals surface area contributed by atoms with Crippen molar-refractivity contribution in [1.29, 1.82) is 0 Å². The van der Waals surface area contributed by atoms with E-state index in [2.05, 4.69) is 39.2 Å². The lowest BCUT2D eigenvalue weighted by Gasteiger charge is -2.20. The van der Waals surface area contributed by atoms with Gasteiger partial charge in [0.25, 0.3) is 0 Å². The van der Waals surface area contributed by atoms with Crippen LogP contribution in [0.1, 0.15) is 36.1 Å². The van der Waals surface area contributed by atoms with Gasteiger partial charge in [-0.25, -0.2) is 4.39 Å². The summed E-state index contributed by atoms with van der Waals surface area (Å²) < 4.78 is 13.9. The summed E-state index contributed by atoms with van der Waals surface area (Å²) in [5.74, 6) is -0.245. The molecule has 1 aromatic heterocycles. The topological polar surface area (TPSA) is 24.9 Å². The number of aryl methyl sites for hydroxylation is 1. The zero-order valence-corrected chi connectivity index (χ0v) is 13.2. The molecule has 4 heteroatoms. The van der Waals surface area contributed by atoms with Crippen LogP contribution in [0.3, 0.4) is 0 Å². The Hall–Kier alpha value is -1.26. The average molecular weight is 337 g/mol. The number of nitrogens with one attached hydrogen (secondary N) is 1. The van der Waals surface area contributed by atoms with Crippen molar-refractivity contribution in [1.82, 2.24) is 10.3 Å². The second-order valence-electron chi connectivity index (χ2n) is 4.86. The zero-order valence-electron chi connectivity index (χ0n) is 11.7. The van der Waals surface area contributed by atoms with E-state index in [0.717, 1.165) is 29.7 Å². The van der Waals surface area contributed by atoms with Gasteiger partial charge < -0.3 is 5.32 Å². The van der Waals surface area contributed by atoms with Gasteiger partial charge in [0.1, 0.15) is 5.82 Å². The van der Waals surface area contributed by atoms with Gasteiger partial charge in [-0.05, 0) is 64.6 Å². The molecule has 0 spiro atoms. The van der Waals surface area contributed by atoms with Crippen LogP contribution in [-0.4, -0.2) is 11.5 Å². The molecule has 0 bridgehead atoms. The van der Waals surface area contributed by atoms with Crippen LogP contribution in [0.2, 0.25) is 0 Å². The molecule has 1 N–H and O–H groups in total. The van der Waals surface area contributed by atoms with Crippen LogP contribution in [-0.2, 0) is 0 Å². The highest BCUT2D eigenvalue weighted by atomic mass is 79.9. The third-order valence-corrected chi connectivity index (χ3v) is 3.71.